The molecule has 0 saturated heterocycles. The van der Waals surface area contributed by atoms with Gasteiger partial charge in [0, 0.05) is 5.88 Å². The van der Waals surface area contributed by atoms with Crippen molar-refractivity contribution in [3.63, 3.8) is 0 Å². The molecule has 0 amide bonds. The van der Waals surface area contributed by atoms with Crippen LogP contribution in [-0.2, 0) is 4.79 Å². The Morgan fingerprint density at radius 2 is 2.33 bits per heavy atom. The lowest BCUT2D eigenvalue weighted by atomic mass is 10.2. The second kappa shape index (κ2) is 6.09. The van der Waals surface area contributed by atoms with Crippen LogP contribution in [0.15, 0.2) is 30.3 Å². The summed E-state index contributed by atoms with van der Waals surface area (Å²) in [6.07, 6.45) is 3.65. The number of carboxylic acid groups (broad SMARTS) is 1. The van der Waals surface area contributed by atoms with Crippen LogP contribution in [0.4, 0.5) is 0 Å². The highest BCUT2D eigenvalue weighted by Crippen LogP contribution is 2.14. The predicted octanol–water partition coefficient (Wildman–Crippen LogP) is 2.40. The van der Waals surface area contributed by atoms with Crippen molar-refractivity contribution in [1.29, 1.82) is 0 Å². The Balaban J connectivity index is 2.65. The number of benzene rings is 1. The summed E-state index contributed by atoms with van der Waals surface area (Å²) < 4.78 is 5.02. The minimum absolute atomic E-state index is 0.331. The van der Waals surface area contributed by atoms with Crippen molar-refractivity contribution in [2.24, 2.45) is 0 Å². The number of aliphatic carboxylic acids is 1. The van der Waals surface area contributed by atoms with E-state index in [1.807, 2.05) is 12.1 Å². The third-order valence-electron chi connectivity index (χ3n) is 1.62. The molecule has 1 aromatic rings. The number of hydrogen-bond donors (Lipinski definition) is 1. The number of rotatable bonds is 5. The monoisotopic (exact) mass is 226 g/mol. The zero-order valence-electron chi connectivity index (χ0n) is 8.02. The van der Waals surface area contributed by atoms with Gasteiger partial charge in [0.05, 0.1) is 0 Å². The van der Waals surface area contributed by atoms with Crippen molar-refractivity contribution in [2.45, 2.75) is 0 Å². The summed E-state index contributed by atoms with van der Waals surface area (Å²) in [5.74, 6) is -0.00829. The lowest BCUT2D eigenvalue weighted by Gasteiger charge is -2.03. The maximum absolute atomic E-state index is 10.3. The van der Waals surface area contributed by atoms with E-state index >= 15 is 0 Å². The summed E-state index contributed by atoms with van der Waals surface area (Å²) in [6, 6.07) is 7.15. The fraction of sp³-hybridized carbons (Fsp3) is 0.182. The van der Waals surface area contributed by atoms with Gasteiger partial charge >= 0.3 is 5.97 Å². The lowest BCUT2D eigenvalue weighted by Crippen LogP contribution is -2.09. The SMILES string of the molecule is O=C(O)COc1cccc(C=CCCl)c1. The van der Waals surface area contributed by atoms with Crippen molar-refractivity contribution in [1.82, 2.24) is 0 Å². The van der Waals surface area contributed by atoms with Crippen molar-refractivity contribution in [3.8, 4) is 5.75 Å². The third-order valence-corrected chi connectivity index (χ3v) is 1.80. The van der Waals surface area contributed by atoms with Crippen molar-refractivity contribution < 1.29 is 14.6 Å². The van der Waals surface area contributed by atoms with Gasteiger partial charge in [-0.15, -0.1) is 11.6 Å². The molecule has 0 radical (unpaired) electrons. The molecule has 0 aliphatic rings. The molecule has 1 rings (SSSR count). The van der Waals surface area contributed by atoms with E-state index in [0.717, 1.165) is 5.56 Å². The molecular formula is C11H11ClO3. The van der Waals surface area contributed by atoms with Crippen LogP contribution in [0.25, 0.3) is 6.08 Å². The molecule has 0 unspecified atom stereocenters. The molecule has 0 aliphatic carbocycles. The van der Waals surface area contributed by atoms with Gasteiger partial charge in [0.15, 0.2) is 6.61 Å². The van der Waals surface area contributed by atoms with E-state index in [9.17, 15) is 4.79 Å². The number of carboxylic acids is 1. The van der Waals surface area contributed by atoms with Crippen LogP contribution in [0.3, 0.4) is 0 Å². The molecule has 0 fully saturated rings. The van der Waals surface area contributed by atoms with Crippen molar-refractivity contribution in [3.05, 3.63) is 35.9 Å². The van der Waals surface area contributed by atoms with E-state index in [-0.39, 0.29) is 6.61 Å². The number of carbonyl (C=O) groups is 1. The number of alkyl halides is 1. The van der Waals surface area contributed by atoms with E-state index in [2.05, 4.69) is 0 Å². The fourth-order valence-corrected chi connectivity index (χ4v) is 1.12. The van der Waals surface area contributed by atoms with Gasteiger partial charge in [0.25, 0.3) is 0 Å². The van der Waals surface area contributed by atoms with E-state index < -0.39 is 5.97 Å². The quantitative estimate of drug-likeness (QED) is 0.785. The second-order valence-corrected chi connectivity index (χ2v) is 3.12. The first-order valence-corrected chi connectivity index (χ1v) is 4.93. The number of ether oxygens (including phenoxy) is 1. The van der Waals surface area contributed by atoms with Gasteiger partial charge in [-0.3, -0.25) is 0 Å². The highest BCUT2D eigenvalue weighted by molar-refractivity contribution is 6.19. The summed E-state index contributed by atoms with van der Waals surface area (Å²) >= 11 is 5.50. The van der Waals surface area contributed by atoms with Gasteiger partial charge in [-0.1, -0.05) is 24.3 Å². The molecule has 80 valence electrons. The molecule has 0 heterocycles. The highest BCUT2D eigenvalue weighted by Gasteiger charge is 1.98. The van der Waals surface area contributed by atoms with E-state index in [1.165, 1.54) is 0 Å². The zero-order valence-corrected chi connectivity index (χ0v) is 8.78. The topological polar surface area (TPSA) is 46.5 Å². The van der Waals surface area contributed by atoms with Crippen LogP contribution in [0.2, 0.25) is 0 Å². The predicted molar refractivity (Wildman–Crippen MR) is 59.3 cm³/mol. The van der Waals surface area contributed by atoms with E-state index in [0.29, 0.717) is 11.6 Å². The van der Waals surface area contributed by atoms with Crippen LogP contribution in [0.1, 0.15) is 5.56 Å². The summed E-state index contributed by atoms with van der Waals surface area (Å²) in [4.78, 5) is 10.3. The number of hydrogen-bond acceptors (Lipinski definition) is 2. The Labute approximate surface area is 92.9 Å². The van der Waals surface area contributed by atoms with Crippen LogP contribution >= 0.6 is 11.6 Å². The molecule has 4 heteroatoms. The molecule has 1 N–H and O–H groups in total. The van der Waals surface area contributed by atoms with Gasteiger partial charge in [-0.05, 0) is 17.7 Å². The van der Waals surface area contributed by atoms with Crippen LogP contribution < -0.4 is 4.74 Å². The largest absolute Gasteiger partial charge is 0.482 e. The Bertz CT molecular complexity index is 361. The summed E-state index contributed by atoms with van der Waals surface area (Å²) in [5.41, 5.74) is 0.929. The van der Waals surface area contributed by atoms with Crippen LogP contribution in [-0.4, -0.2) is 23.6 Å². The first kappa shape index (κ1) is 11.6. The Morgan fingerprint density at radius 1 is 1.53 bits per heavy atom. The highest BCUT2D eigenvalue weighted by atomic mass is 35.5. The van der Waals surface area contributed by atoms with Gasteiger partial charge in [0.2, 0.25) is 0 Å². The fourth-order valence-electron chi connectivity index (χ4n) is 1.03. The Hall–Kier alpha value is -1.48. The smallest absolute Gasteiger partial charge is 0.341 e. The average molecular weight is 227 g/mol. The molecule has 0 spiro atoms. The first-order valence-electron chi connectivity index (χ1n) is 4.39. The van der Waals surface area contributed by atoms with Gasteiger partial charge in [0.1, 0.15) is 5.75 Å². The number of allylic oxidation sites excluding steroid dienone is 1. The minimum Gasteiger partial charge on any atom is -0.482 e. The summed E-state index contributed by atoms with van der Waals surface area (Å²) in [7, 11) is 0. The maximum atomic E-state index is 10.3. The van der Waals surface area contributed by atoms with E-state index in [4.69, 9.17) is 21.4 Å². The van der Waals surface area contributed by atoms with Gasteiger partial charge in [-0.2, -0.15) is 0 Å². The van der Waals surface area contributed by atoms with Gasteiger partial charge < -0.3 is 9.84 Å². The normalized spacial score (nSPS) is 10.5. The molecule has 3 nitrogen and oxygen atoms in total. The maximum Gasteiger partial charge on any atom is 0.341 e. The average Bonchev–Trinajstić information content (AvgIpc) is 2.24. The molecule has 0 saturated carbocycles. The minimum atomic E-state index is -0.989. The molecule has 1 aromatic carbocycles. The lowest BCUT2D eigenvalue weighted by molar-refractivity contribution is -0.139. The van der Waals surface area contributed by atoms with Crippen LogP contribution in [0.5, 0.6) is 5.75 Å². The Kier molecular flexibility index (Phi) is 4.71. The number of halogens is 1. The van der Waals surface area contributed by atoms with Crippen LogP contribution in [0, 0.1) is 0 Å². The standard InChI is InChI=1S/C11H11ClO3/c12-6-2-4-9-3-1-5-10(7-9)15-8-11(13)14/h1-5,7H,6,8H2,(H,13,14). The molecule has 0 aliphatic heterocycles. The van der Waals surface area contributed by atoms with Crippen molar-refractivity contribution >= 4 is 23.6 Å². The summed E-state index contributed by atoms with van der Waals surface area (Å²) in [6.45, 7) is -0.331. The van der Waals surface area contributed by atoms with E-state index in [1.54, 1.807) is 24.3 Å². The van der Waals surface area contributed by atoms with Gasteiger partial charge in [-0.25, -0.2) is 4.79 Å². The molecule has 0 atom stereocenters. The molecule has 15 heavy (non-hydrogen) atoms. The third kappa shape index (κ3) is 4.51. The second-order valence-electron chi connectivity index (χ2n) is 2.81. The zero-order chi connectivity index (χ0) is 11.1. The first-order chi connectivity index (χ1) is 7.22. The molecule has 0 bridgehead atoms. The Morgan fingerprint density at radius 3 is 3.00 bits per heavy atom. The molecular weight excluding hydrogens is 216 g/mol. The summed E-state index contributed by atoms with van der Waals surface area (Å²) in [5, 5.41) is 8.43. The van der Waals surface area contributed by atoms with Crippen molar-refractivity contribution in [2.75, 3.05) is 12.5 Å². The molecule has 0 aromatic heterocycles.